The van der Waals surface area contributed by atoms with Gasteiger partial charge in [-0.1, -0.05) is 18.2 Å². The van der Waals surface area contributed by atoms with Gasteiger partial charge in [-0.2, -0.15) is 0 Å². The van der Waals surface area contributed by atoms with E-state index in [2.05, 4.69) is 5.32 Å². The van der Waals surface area contributed by atoms with E-state index in [0.717, 1.165) is 18.2 Å². The molecule has 0 fully saturated rings. The predicted octanol–water partition coefficient (Wildman–Crippen LogP) is 1.86. The number of rotatable bonds is 3. The average Bonchev–Trinajstić information content (AvgIpc) is 2.62. The maximum Gasteiger partial charge on any atom is 0.313 e. The second kappa shape index (κ2) is 7.16. The molecule has 0 aliphatic carbocycles. The molecule has 2 aromatic rings. The highest BCUT2D eigenvalue weighted by Crippen LogP contribution is 2.30. The van der Waals surface area contributed by atoms with Crippen LogP contribution in [-0.4, -0.2) is 31.1 Å². The molecule has 2 amide bonds. The lowest BCUT2D eigenvalue weighted by molar-refractivity contribution is -0.136. The molecule has 0 aromatic heterocycles. The van der Waals surface area contributed by atoms with Crippen molar-refractivity contribution in [3.05, 3.63) is 54.1 Å². The Kier molecular flexibility index (Phi) is 4.78. The minimum absolute atomic E-state index is 0.000339. The minimum Gasteiger partial charge on any atom is -0.486 e. The molecular weight excluding hydrogens is 334 g/mol. The normalized spacial score (nSPS) is 15.4. The van der Waals surface area contributed by atoms with Crippen LogP contribution in [0.25, 0.3) is 0 Å². The molecule has 1 heterocycles. The summed E-state index contributed by atoms with van der Waals surface area (Å²) < 4.78 is 38.0. The number of halogens is 2. The van der Waals surface area contributed by atoms with Crippen molar-refractivity contribution in [2.45, 2.75) is 6.10 Å². The van der Waals surface area contributed by atoms with Gasteiger partial charge >= 0.3 is 11.8 Å². The smallest absolute Gasteiger partial charge is 0.313 e. The minimum atomic E-state index is -1.18. The summed E-state index contributed by atoms with van der Waals surface area (Å²) in [6.07, 6.45) is -0.489. The summed E-state index contributed by atoms with van der Waals surface area (Å²) in [5, 5.41) is 4.25. The summed E-state index contributed by atoms with van der Waals surface area (Å²) in [6, 6.07) is 10.1. The van der Waals surface area contributed by atoms with Gasteiger partial charge in [0.15, 0.2) is 11.5 Å². The fourth-order valence-electron chi connectivity index (χ4n) is 2.24. The van der Waals surface area contributed by atoms with E-state index >= 15 is 0 Å². The van der Waals surface area contributed by atoms with E-state index in [1.807, 2.05) is 5.32 Å². The first-order valence-corrected chi connectivity index (χ1v) is 7.46. The van der Waals surface area contributed by atoms with Crippen LogP contribution in [0.2, 0.25) is 0 Å². The highest BCUT2D eigenvalue weighted by Gasteiger charge is 2.23. The van der Waals surface area contributed by atoms with Crippen LogP contribution in [0.15, 0.2) is 42.5 Å². The van der Waals surface area contributed by atoms with Crippen LogP contribution in [0.4, 0.5) is 14.5 Å². The molecular formula is C17H14F2N2O4. The van der Waals surface area contributed by atoms with Crippen molar-refractivity contribution in [1.82, 2.24) is 5.32 Å². The van der Waals surface area contributed by atoms with E-state index in [1.165, 1.54) is 0 Å². The molecule has 130 valence electrons. The van der Waals surface area contributed by atoms with Gasteiger partial charge < -0.3 is 20.1 Å². The van der Waals surface area contributed by atoms with Crippen molar-refractivity contribution in [3.8, 4) is 11.5 Å². The third kappa shape index (κ3) is 3.85. The van der Waals surface area contributed by atoms with Crippen molar-refractivity contribution in [1.29, 1.82) is 0 Å². The number of anilines is 1. The van der Waals surface area contributed by atoms with Crippen molar-refractivity contribution < 1.29 is 27.8 Å². The SMILES string of the molecule is O=C(NCC1COc2ccccc2O1)C(=O)Nc1c(F)cccc1F. The zero-order chi connectivity index (χ0) is 17.8. The first-order valence-electron chi connectivity index (χ1n) is 7.46. The van der Waals surface area contributed by atoms with Gasteiger partial charge in [0, 0.05) is 0 Å². The number of amides is 2. The number of ether oxygens (including phenoxy) is 2. The quantitative estimate of drug-likeness (QED) is 0.830. The molecule has 1 atom stereocenters. The number of carbonyl (C=O) groups is 2. The molecule has 6 nitrogen and oxygen atoms in total. The number of hydrogen-bond acceptors (Lipinski definition) is 4. The van der Waals surface area contributed by atoms with E-state index in [0.29, 0.717) is 11.5 Å². The van der Waals surface area contributed by atoms with Gasteiger partial charge in [0.05, 0.1) is 6.54 Å². The average molecular weight is 348 g/mol. The van der Waals surface area contributed by atoms with Crippen molar-refractivity contribution in [3.63, 3.8) is 0 Å². The van der Waals surface area contributed by atoms with Crippen molar-refractivity contribution in [2.24, 2.45) is 0 Å². The van der Waals surface area contributed by atoms with Crippen LogP contribution in [0, 0.1) is 11.6 Å². The Morgan fingerprint density at radius 3 is 2.40 bits per heavy atom. The van der Waals surface area contributed by atoms with Gasteiger partial charge in [0.2, 0.25) is 0 Å². The molecule has 2 aromatic carbocycles. The van der Waals surface area contributed by atoms with Crippen LogP contribution in [0.1, 0.15) is 0 Å². The van der Waals surface area contributed by atoms with Crippen molar-refractivity contribution in [2.75, 3.05) is 18.5 Å². The third-order valence-electron chi connectivity index (χ3n) is 3.47. The zero-order valence-electron chi connectivity index (χ0n) is 12.9. The molecule has 1 aliphatic rings. The second-order valence-electron chi connectivity index (χ2n) is 5.26. The summed E-state index contributed by atoms with van der Waals surface area (Å²) in [5.74, 6) is -3.03. The number of para-hydroxylation sites is 3. The number of fused-ring (bicyclic) bond motifs is 1. The number of benzene rings is 2. The molecule has 0 saturated heterocycles. The molecule has 0 spiro atoms. The van der Waals surface area contributed by atoms with Gasteiger partial charge in [-0.3, -0.25) is 9.59 Å². The van der Waals surface area contributed by atoms with Crippen LogP contribution in [0.3, 0.4) is 0 Å². The van der Waals surface area contributed by atoms with Gasteiger partial charge in [-0.25, -0.2) is 8.78 Å². The molecule has 8 heteroatoms. The number of nitrogens with one attached hydrogen (secondary N) is 2. The molecule has 0 saturated carbocycles. The molecule has 2 N–H and O–H groups in total. The Balaban J connectivity index is 1.54. The van der Waals surface area contributed by atoms with E-state index in [9.17, 15) is 18.4 Å². The Hall–Kier alpha value is -3.16. The maximum atomic E-state index is 13.5. The van der Waals surface area contributed by atoms with Crippen molar-refractivity contribution >= 4 is 17.5 Å². The summed E-state index contributed by atoms with van der Waals surface area (Å²) in [5.41, 5.74) is -0.672. The fourth-order valence-corrected chi connectivity index (χ4v) is 2.24. The van der Waals surface area contributed by atoms with Gasteiger partial charge in [-0.15, -0.1) is 0 Å². The molecule has 0 radical (unpaired) electrons. The maximum absolute atomic E-state index is 13.5. The standard InChI is InChI=1S/C17H14F2N2O4/c18-11-4-3-5-12(19)15(11)21-17(23)16(22)20-8-10-9-24-13-6-1-2-7-14(13)25-10/h1-7,10H,8-9H2,(H,20,22)(H,21,23). The van der Waals surface area contributed by atoms with E-state index in [-0.39, 0.29) is 13.2 Å². The summed E-state index contributed by atoms with van der Waals surface area (Å²) in [7, 11) is 0. The Labute approximate surface area is 141 Å². The van der Waals surface area contributed by atoms with Gasteiger partial charge in [0.1, 0.15) is 30.0 Å². The van der Waals surface area contributed by atoms with E-state index < -0.39 is 35.2 Å². The fraction of sp³-hybridized carbons (Fsp3) is 0.176. The summed E-state index contributed by atoms with van der Waals surface area (Å²) in [4.78, 5) is 23.6. The van der Waals surface area contributed by atoms with Gasteiger partial charge in [-0.05, 0) is 24.3 Å². The monoisotopic (exact) mass is 348 g/mol. The Morgan fingerprint density at radius 2 is 1.68 bits per heavy atom. The lowest BCUT2D eigenvalue weighted by Gasteiger charge is -2.26. The molecule has 3 rings (SSSR count). The Morgan fingerprint density at radius 1 is 1.00 bits per heavy atom. The number of hydrogen-bond donors (Lipinski definition) is 2. The van der Waals surface area contributed by atoms with Crippen LogP contribution < -0.4 is 20.1 Å². The van der Waals surface area contributed by atoms with Crippen LogP contribution in [-0.2, 0) is 9.59 Å². The summed E-state index contributed by atoms with van der Waals surface area (Å²) >= 11 is 0. The lowest BCUT2D eigenvalue weighted by Crippen LogP contribution is -2.44. The molecule has 1 unspecified atom stereocenters. The largest absolute Gasteiger partial charge is 0.486 e. The zero-order valence-corrected chi connectivity index (χ0v) is 12.9. The summed E-state index contributed by atoms with van der Waals surface area (Å²) in [6.45, 7) is 0.196. The molecule has 0 bridgehead atoms. The van der Waals surface area contributed by atoms with E-state index in [4.69, 9.17) is 9.47 Å². The third-order valence-corrected chi connectivity index (χ3v) is 3.47. The van der Waals surface area contributed by atoms with Crippen LogP contribution >= 0.6 is 0 Å². The first-order chi connectivity index (χ1) is 12.0. The highest BCUT2D eigenvalue weighted by atomic mass is 19.1. The van der Waals surface area contributed by atoms with Crippen LogP contribution in [0.5, 0.6) is 11.5 Å². The first kappa shape index (κ1) is 16.7. The molecule has 1 aliphatic heterocycles. The lowest BCUT2D eigenvalue weighted by atomic mass is 10.2. The predicted molar refractivity (Wildman–Crippen MR) is 84.4 cm³/mol. The topological polar surface area (TPSA) is 76.7 Å². The Bertz CT molecular complexity index is 793. The number of carbonyl (C=O) groups excluding carboxylic acids is 2. The van der Waals surface area contributed by atoms with Gasteiger partial charge in [0.25, 0.3) is 0 Å². The highest BCUT2D eigenvalue weighted by molar-refractivity contribution is 6.39. The second-order valence-corrected chi connectivity index (χ2v) is 5.26. The van der Waals surface area contributed by atoms with E-state index in [1.54, 1.807) is 24.3 Å². The molecule has 25 heavy (non-hydrogen) atoms.